The Labute approximate surface area is 228 Å². The van der Waals surface area contributed by atoms with E-state index in [2.05, 4.69) is 5.32 Å². The number of nitrogens with one attached hydrogen (secondary N) is 2. The smallest absolute Gasteiger partial charge is 0.410 e. The Bertz CT molecular complexity index is 1210. The van der Waals surface area contributed by atoms with E-state index in [1.807, 2.05) is 0 Å². The minimum Gasteiger partial charge on any atom is -0.481 e. The van der Waals surface area contributed by atoms with Crippen LogP contribution in [0.3, 0.4) is 0 Å². The van der Waals surface area contributed by atoms with Gasteiger partial charge in [-0.05, 0) is 54.8 Å². The van der Waals surface area contributed by atoms with Gasteiger partial charge in [0.15, 0.2) is 5.96 Å². The van der Waals surface area contributed by atoms with Gasteiger partial charge in [0.25, 0.3) is 0 Å². The summed E-state index contributed by atoms with van der Waals surface area (Å²) in [5.41, 5.74) is 6.52. The quantitative estimate of drug-likeness (QED) is 0.0609. The van der Waals surface area contributed by atoms with E-state index in [1.54, 1.807) is 12.1 Å². The van der Waals surface area contributed by atoms with Crippen molar-refractivity contribution >= 4 is 41.6 Å². The maximum Gasteiger partial charge on any atom is 0.410 e. The molecule has 2 aromatic carbocycles. The number of guanidine groups is 1. The Morgan fingerprint density at radius 1 is 0.900 bits per heavy atom. The van der Waals surface area contributed by atoms with Crippen molar-refractivity contribution in [3.8, 4) is 5.75 Å². The molecular formula is C26H30N4O10. The monoisotopic (exact) mass is 558 g/mol. The van der Waals surface area contributed by atoms with E-state index in [9.17, 15) is 29.1 Å². The summed E-state index contributed by atoms with van der Waals surface area (Å²) in [6.45, 7) is -0.407. The van der Waals surface area contributed by atoms with Crippen LogP contribution < -0.4 is 15.8 Å². The van der Waals surface area contributed by atoms with E-state index in [0.29, 0.717) is 24.1 Å². The summed E-state index contributed by atoms with van der Waals surface area (Å²) < 4.78 is 10.5. The first kappa shape index (κ1) is 31.1. The molecule has 0 aliphatic rings. The molecular weight excluding hydrogens is 528 g/mol. The minimum absolute atomic E-state index is 0.0852. The van der Waals surface area contributed by atoms with Gasteiger partial charge >= 0.3 is 30.0 Å². The number of hydrogen-bond acceptors (Lipinski definition) is 8. The Hall–Kier alpha value is -5.14. The Morgan fingerprint density at radius 2 is 1.55 bits per heavy atom. The number of carbonyl (C=O) groups excluding carboxylic acids is 2. The van der Waals surface area contributed by atoms with Gasteiger partial charge < -0.3 is 35.8 Å². The lowest BCUT2D eigenvalue weighted by molar-refractivity contribution is -0.149. The van der Waals surface area contributed by atoms with Crippen molar-refractivity contribution in [1.29, 1.82) is 5.41 Å². The number of nitrogens with two attached hydrogens (primary N) is 1. The summed E-state index contributed by atoms with van der Waals surface area (Å²) in [5.74, 6) is -4.58. The number of esters is 1. The fourth-order valence-corrected chi connectivity index (χ4v) is 3.50. The molecule has 14 nitrogen and oxygen atoms in total. The highest BCUT2D eigenvalue weighted by molar-refractivity contribution is 5.93. The van der Waals surface area contributed by atoms with Crippen LogP contribution in [0.1, 0.15) is 48.0 Å². The molecule has 0 aromatic heterocycles. The molecule has 1 atom stereocenters. The molecule has 0 spiro atoms. The topological polar surface area (TPSA) is 230 Å². The number of ether oxygens (including phenoxy) is 2. The van der Waals surface area contributed by atoms with Gasteiger partial charge in [-0.15, -0.1) is 0 Å². The molecule has 0 fully saturated rings. The predicted octanol–water partition coefficient (Wildman–Crippen LogP) is 2.72. The first-order valence-electron chi connectivity index (χ1n) is 12.1. The number of rotatable bonds is 15. The number of anilines is 1. The number of hydrogen-bond donors (Lipinski definition) is 6. The van der Waals surface area contributed by atoms with Gasteiger partial charge in [0.1, 0.15) is 18.4 Å². The maximum absolute atomic E-state index is 12.7. The van der Waals surface area contributed by atoms with Crippen LogP contribution in [0.5, 0.6) is 5.75 Å². The van der Waals surface area contributed by atoms with Gasteiger partial charge in [-0.25, -0.2) is 14.4 Å². The Kier molecular flexibility index (Phi) is 11.9. The summed E-state index contributed by atoms with van der Waals surface area (Å²) >= 11 is 0. The zero-order valence-corrected chi connectivity index (χ0v) is 21.4. The Morgan fingerprint density at radius 3 is 2.10 bits per heavy atom. The predicted molar refractivity (Wildman–Crippen MR) is 140 cm³/mol. The zero-order valence-electron chi connectivity index (χ0n) is 21.4. The number of amides is 1. The fourth-order valence-electron chi connectivity index (χ4n) is 3.50. The molecule has 0 saturated carbocycles. The van der Waals surface area contributed by atoms with Crippen LogP contribution in [0.4, 0.5) is 10.5 Å². The Balaban J connectivity index is 1.98. The lowest BCUT2D eigenvalue weighted by Gasteiger charge is -2.27. The third-order valence-electron chi connectivity index (χ3n) is 5.45. The van der Waals surface area contributed by atoms with Crippen LogP contribution in [-0.2, 0) is 25.7 Å². The van der Waals surface area contributed by atoms with E-state index >= 15 is 0 Å². The number of benzene rings is 2. The third-order valence-corrected chi connectivity index (χ3v) is 5.45. The SMILES string of the molecule is N=C(N)Nc1ccc(C(=O)Oc2ccc(COC(=O)N(CCCCCC(=O)O)[C@@H](CC(=O)O)C(=O)O)cc2)cc1. The van der Waals surface area contributed by atoms with Crippen molar-refractivity contribution in [1.82, 2.24) is 4.90 Å². The summed E-state index contributed by atoms with van der Waals surface area (Å²) in [7, 11) is 0. The van der Waals surface area contributed by atoms with Gasteiger partial charge in [0.2, 0.25) is 0 Å². The number of carbonyl (C=O) groups is 5. The average Bonchev–Trinajstić information content (AvgIpc) is 2.88. The van der Waals surface area contributed by atoms with Gasteiger partial charge in [-0.1, -0.05) is 18.6 Å². The molecule has 0 aliphatic carbocycles. The highest BCUT2D eigenvalue weighted by Crippen LogP contribution is 2.18. The number of aliphatic carboxylic acids is 3. The second-order valence-electron chi connectivity index (χ2n) is 8.55. The molecule has 14 heteroatoms. The largest absolute Gasteiger partial charge is 0.481 e. The second kappa shape index (κ2) is 15.3. The number of carboxylic acid groups (broad SMARTS) is 3. The second-order valence-corrected chi connectivity index (χ2v) is 8.55. The highest BCUT2D eigenvalue weighted by atomic mass is 16.6. The summed E-state index contributed by atoms with van der Waals surface area (Å²) in [6, 6.07) is 10.4. The molecule has 7 N–H and O–H groups in total. The van der Waals surface area contributed by atoms with Crippen LogP contribution in [0.15, 0.2) is 48.5 Å². The summed E-state index contributed by atoms with van der Waals surface area (Å²) in [6.07, 6.45) is -1.01. The maximum atomic E-state index is 12.7. The normalized spacial score (nSPS) is 11.1. The van der Waals surface area contributed by atoms with Crippen LogP contribution in [0, 0.1) is 5.41 Å². The van der Waals surface area contributed by atoms with Crippen molar-refractivity contribution in [2.24, 2.45) is 5.73 Å². The molecule has 40 heavy (non-hydrogen) atoms. The number of nitrogens with zero attached hydrogens (tertiary/aromatic N) is 1. The van der Waals surface area contributed by atoms with E-state index < -0.39 is 42.4 Å². The average molecular weight is 559 g/mol. The van der Waals surface area contributed by atoms with Crippen LogP contribution in [0.25, 0.3) is 0 Å². The molecule has 0 bridgehead atoms. The van der Waals surface area contributed by atoms with Gasteiger partial charge in [0, 0.05) is 18.7 Å². The van der Waals surface area contributed by atoms with Crippen LogP contribution >= 0.6 is 0 Å². The number of carboxylic acids is 3. The van der Waals surface area contributed by atoms with Gasteiger partial charge in [-0.3, -0.25) is 19.9 Å². The third kappa shape index (κ3) is 10.7. The molecule has 214 valence electrons. The molecule has 1 amide bonds. The van der Waals surface area contributed by atoms with Crippen LogP contribution in [0.2, 0.25) is 0 Å². The van der Waals surface area contributed by atoms with Crippen molar-refractivity contribution in [3.05, 3.63) is 59.7 Å². The van der Waals surface area contributed by atoms with E-state index in [4.69, 9.17) is 30.8 Å². The van der Waals surface area contributed by atoms with E-state index in [1.165, 1.54) is 36.4 Å². The lowest BCUT2D eigenvalue weighted by Crippen LogP contribution is -2.47. The minimum atomic E-state index is -1.67. The molecule has 2 aromatic rings. The van der Waals surface area contributed by atoms with Gasteiger partial charge in [0.05, 0.1) is 12.0 Å². The number of unbranched alkanes of at least 4 members (excludes halogenated alkanes) is 2. The molecule has 0 saturated heterocycles. The summed E-state index contributed by atoms with van der Waals surface area (Å²) in [5, 5.41) is 37.1. The van der Waals surface area contributed by atoms with Crippen molar-refractivity contribution in [2.75, 3.05) is 11.9 Å². The first-order chi connectivity index (χ1) is 19.0. The first-order valence-corrected chi connectivity index (χ1v) is 12.1. The zero-order chi connectivity index (χ0) is 29.7. The highest BCUT2D eigenvalue weighted by Gasteiger charge is 2.32. The summed E-state index contributed by atoms with van der Waals surface area (Å²) in [4.78, 5) is 59.4. The molecule has 0 unspecified atom stereocenters. The van der Waals surface area contributed by atoms with Crippen LogP contribution in [-0.4, -0.2) is 68.7 Å². The molecule has 0 radical (unpaired) electrons. The van der Waals surface area contributed by atoms with Gasteiger partial charge in [-0.2, -0.15) is 0 Å². The standard InChI is InChI=1S/C26H30N4O10/c27-25(28)29-18-9-7-17(8-10-18)24(37)40-19-11-5-16(6-12-19)15-39-26(38)30(13-3-1-2-4-21(31)32)20(23(35)36)14-22(33)34/h5-12,20H,1-4,13-15H2,(H,31,32)(H,33,34)(H,35,36)(H4,27,28,29)/t20-/m0/s1. The van der Waals surface area contributed by atoms with Crippen molar-refractivity contribution in [3.63, 3.8) is 0 Å². The van der Waals surface area contributed by atoms with Crippen molar-refractivity contribution < 1.29 is 48.8 Å². The molecule has 0 aliphatic heterocycles. The molecule has 0 heterocycles. The lowest BCUT2D eigenvalue weighted by atomic mass is 10.1. The fraction of sp³-hybridized carbons (Fsp3) is 0.308. The van der Waals surface area contributed by atoms with E-state index in [0.717, 1.165) is 4.90 Å². The van der Waals surface area contributed by atoms with E-state index in [-0.39, 0.29) is 43.3 Å². The molecule has 2 rings (SSSR count). The van der Waals surface area contributed by atoms with Crippen molar-refractivity contribution in [2.45, 2.75) is 44.8 Å².